The van der Waals surface area contributed by atoms with Crippen molar-refractivity contribution in [1.82, 2.24) is 4.98 Å². The van der Waals surface area contributed by atoms with Crippen molar-refractivity contribution in [2.24, 2.45) is 11.7 Å². The summed E-state index contributed by atoms with van der Waals surface area (Å²) in [5.41, 5.74) is 7.15. The van der Waals surface area contributed by atoms with E-state index in [1.807, 2.05) is 0 Å². The third-order valence-corrected chi connectivity index (χ3v) is 4.80. The van der Waals surface area contributed by atoms with E-state index in [4.69, 9.17) is 5.73 Å². The van der Waals surface area contributed by atoms with Crippen LogP contribution in [0.5, 0.6) is 0 Å². The summed E-state index contributed by atoms with van der Waals surface area (Å²) in [6.45, 7) is 2.07. The van der Waals surface area contributed by atoms with E-state index in [0.717, 1.165) is 6.42 Å². The standard InChI is InChI=1S/C15H15N3O2S/c1-8-4-5-21-13(8)10-6-11(10)15(20)18-9-2-3-12(14(16)19)17-7-9/h2-5,7,10-11H,6H2,1H3,(H2,16,19)(H,18,20)/t10-,11-/m1/s1. The number of thiophene rings is 1. The molecule has 5 nitrogen and oxygen atoms in total. The number of rotatable bonds is 4. The number of carbonyl (C=O) groups excluding carboxylic acids is 2. The van der Waals surface area contributed by atoms with E-state index in [1.165, 1.54) is 22.7 Å². The highest BCUT2D eigenvalue weighted by atomic mass is 32.1. The zero-order valence-corrected chi connectivity index (χ0v) is 12.3. The Morgan fingerprint density at radius 3 is 2.76 bits per heavy atom. The zero-order valence-electron chi connectivity index (χ0n) is 11.5. The lowest BCUT2D eigenvalue weighted by molar-refractivity contribution is -0.117. The number of hydrogen-bond acceptors (Lipinski definition) is 4. The summed E-state index contributed by atoms with van der Waals surface area (Å²) >= 11 is 1.71. The molecule has 0 spiro atoms. The number of nitrogens with zero attached hydrogens (tertiary/aromatic N) is 1. The molecule has 6 heteroatoms. The van der Waals surface area contributed by atoms with Crippen LogP contribution in [0, 0.1) is 12.8 Å². The van der Waals surface area contributed by atoms with Gasteiger partial charge in [0.25, 0.3) is 5.91 Å². The molecule has 1 aliphatic carbocycles. The number of hydrogen-bond donors (Lipinski definition) is 2. The first-order valence-corrected chi connectivity index (χ1v) is 7.55. The van der Waals surface area contributed by atoms with Gasteiger partial charge in [-0.1, -0.05) is 0 Å². The first kappa shape index (κ1) is 13.8. The monoisotopic (exact) mass is 301 g/mol. The Bertz CT molecular complexity index is 693. The third-order valence-electron chi connectivity index (χ3n) is 3.65. The van der Waals surface area contributed by atoms with Crippen molar-refractivity contribution in [2.75, 3.05) is 5.32 Å². The fourth-order valence-corrected chi connectivity index (χ4v) is 3.50. The maximum atomic E-state index is 12.2. The lowest BCUT2D eigenvalue weighted by atomic mass is 10.2. The molecule has 108 valence electrons. The van der Waals surface area contributed by atoms with E-state index >= 15 is 0 Å². The van der Waals surface area contributed by atoms with Crippen molar-refractivity contribution in [3.8, 4) is 0 Å². The Hall–Kier alpha value is -2.21. The summed E-state index contributed by atoms with van der Waals surface area (Å²) in [7, 11) is 0. The smallest absolute Gasteiger partial charge is 0.267 e. The number of nitrogens with two attached hydrogens (primary N) is 1. The number of aromatic nitrogens is 1. The number of pyridine rings is 1. The molecule has 2 aromatic heterocycles. The second-order valence-corrected chi connectivity index (χ2v) is 6.15. The SMILES string of the molecule is Cc1ccsc1[C@@H]1C[C@H]1C(=O)Nc1ccc(C(N)=O)nc1. The van der Waals surface area contributed by atoms with Gasteiger partial charge in [0.1, 0.15) is 5.69 Å². The van der Waals surface area contributed by atoms with Crippen LogP contribution in [0.3, 0.4) is 0 Å². The van der Waals surface area contributed by atoms with Crippen LogP contribution in [0.25, 0.3) is 0 Å². The molecule has 2 heterocycles. The molecule has 0 saturated heterocycles. The summed E-state index contributed by atoms with van der Waals surface area (Å²) in [5, 5.41) is 4.89. The molecule has 1 saturated carbocycles. The van der Waals surface area contributed by atoms with E-state index in [-0.39, 0.29) is 17.5 Å². The van der Waals surface area contributed by atoms with E-state index in [0.29, 0.717) is 11.6 Å². The predicted molar refractivity (Wildman–Crippen MR) is 81.3 cm³/mol. The highest BCUT2D eigenvalue weighted by Gasteiger charge is 2.45. The van der Waals surface area contributed by atoms with Gasteiger partial charge in [0.05, 0.1) is 11.9 Å². The summed E-state index contributed by atoms with van der Waals surface area (Å²) in [6.07, 6.45) is 2.34. The summed E-state index contributed by atoms with van der Waals surface area (Å²) < 4.78 is 0. The van der Waals surface area contributed by atoms with Crippen molar-refractivity contribution < 1.29 is 9.59 Å². The second-order valence-electron chi connectivity index (χ2n) is 5.20. The van der Waals surface area contributed by atoms with E-state index in [1.54, 1.807) is 17.4 Å². The number of nitrogens with one attached hydrogen (secondary N) is 1. The van der Waals surface area contributed by atoms with Crippen LogP contribution in [0.4, 0.5) is 5.69 Å². The highest BCUT2D eigenvalue weighted by Crippen LogP contribution is 2.50. The van der Waals surface area contributed by atoms with E-state index in [2.05, 4.69) is 28.7 Å². The third kappa shape index (κ3) is 2.80. The van der Waals surface area contributed by atoms with Crippen molar-refractivity contribution in [2.45, 2.75) is 19.3 Å². The van der Waals surface area contributed by atoms with Gasteiger partial charge in [0.15, 0.2) is 0 Å². The Morgan fingerprint density at radius 2 is 2.19 bits per heavy atom. The normalized spacial score (nSPS) is 20.0. The zero-order chi connectivity index (χ0) is 15.0. The molecule has 0 aromatic carbocycles. The van der Waals surface area contributed by atoms with E-state index < -0.39 is 5.91 Å². The lowest BCUT2D eigenvalue weighted by Gasteiger charge is -2.05. The Kier molecular flexibility index (Phi) is 3.47. The van der Waals surface area contributed by atoms with E-state index in [9.17, 15) is 9.59 Å². The predicted octanol–water partition coefficient (Wildman–Crippen LogP) is 2.29. The molecule has 0 aliphatic heterocycles. The van der Waals surface area contributed by atoms with Crippen LogP contribution in [0.1, 0.15) is 33.3 Å². The number of anilines is 1. The fourth-order valence-electron chi connectivity index (χ4n) is 2.39. The maximum absolute atomic E-state index is 12.2. The molecule has 2 atom stereocenters. The van der Waals surface area contributed by atoms with Crippen LogP contribution in [-0.4, -0.2) is 16.8 Å². The van der Waals surface area contributed by atoms with Crippen molar-refractivity contribution >= 4 is 28.8 Å². The number of carbonyl (C=O) groups is 2. The number of primary amides is 1. The second kappa shape index (κ2) is 5.29. The van der Waals surface area contributed by atoms with Crippen LogP contribution in [0.15, 0.2) is 29.8 Å². The van der Waals surface area contributed by atoms with Crippen molar-refractivity contribution in [1.29, 1.82) is 0 Å². The maximum Gasteiger partial charge on any atom is 0.267 e. The average molecular weight is 301 g/mol. The van der Waals surface area contributed by atoms with Gasteiger partial charge in [-0.3, -0.25) is 9.59 Å². The number of amides is 2. The number of aryl methyl sites for hydroxylation is 1. The highest BCUT2D eigenvalue weighted by molar-refractivity contribution is 7.10. The molecular weight excluding hydrogens is 286 g/mol. The topological polar surface area (TPSA) is 85.1 Å². The molecule has 2 aromatic rings. The summed E-state index contributed by atoms with van der Waals surface area (Å²) in [5.74, 6) is -0.217. The van der Waals surface area contributed by atoms with Crippen molar-refractivity contribution in [3.05, 3.63) is 45.9 Å². The Labute approximate surface area is 126 Å². The summed E-state index contributed by atoms with van der Waals surface area (Å²) in [4.78, 5) is 28.3. The minimum atomic E-state index is -0.580. The van der Waals surface area contributed by atoms with Crippen LogP contribution >= 0.6 is 11.3 Å². The van der Waals surface area contributed by atoms with Gasteiger partial charge >= 0.3 is 0 Å². The van der Waals surface area contributed by atoms with Gasteiger partial charge in [-0.05, 0) is 42.5 Å². The molecule has 3 rings (SSSR count). The van der Waals surface area contributed by atoms with Gasteiger partial charge < -0.3 is 11.1 Å². The quantitative estimate of drug-likeness (QED) is 0.908. The molecule has 3 N–H and O–H groups in total. The van der Waals surface area contributed by atoms with Gasteiger partial charge in [-0.15, -0.1) is 11.3 Å². The molecule has 0 radical (unpaired) electrons. The van der Waals surface area contributed by atoms with Crippen LogP contribution < -0.4 is 11.1 Å². The fraction of sp³-hybridized carbons (Fsp3) is 0.267. The summed E-state index contributed by atoms with van der Waals surface area (Å²) in [6, 6.07) is 5.23. The molecule has 0 unspecified atom stereocenters. The largest absolute Gasteiger partial charge is 0.364 e. The molecular formula is C15H15N3O2S. The van der Waals surface area contributed by atoms with Gasteiger partial charge in [0.2, 0.25) is 5.91 Å². The molecule has 1 fully saturated rings. The molecule has 21 heavy (non-hydrogen) atoms. The van der Waals surface area contributed by atoms with Gasteiger partial charge in [0, 0.05) is 16.7 Å². The Morgan fingerprint density at radius 1 is 1.38 bits per heavy atom. The first-order valence-electron chi connectivity index (χ1n) is 6.67. The van der Waals surface area contributed by atoms with Crippen molar-refractivity contribution in [3.63, 3.8) is 0 Å². The Balaban J connectivity index is 1.63. The first-order chi connectivity index (χ1) is 10.1. The molecule has 1 aliphatic rings. The molecule has 2 amide bonds. The molecule has 0 bridgehead atoms. The van der Waals surface area contributed by atoms with Gasteiger partial charge in [-0.2, -0.15) is 0 Å². The minimum Gasteiger partial charge on any atom is -0.364 e. The van der Waals surface area contributed by atoms with Gasteiger partial charge in [-0.25, -0.2) is 4.98 Å². The lowest BCUT2D eigenvalue weighted by Crippen LogP contribution is -2.16. The average Bonchev–Trinajstić information content (AvgIpc) is 3.14. The van der Waals surface area contributed by atoms with Crippen LogP contribution in [0.2, 0.25) is 0 Å². The van der Waals surface area contributed by atoms with Crippen LogP contribution in [-0.2, 0) is 4.79 Å². The minimum absolute atomic E-state index is 0.00132.